The van der Waals surface area contributed by atoms with E-state index >= 15 is 0 Å². The van der Waals surface area contributed by atoms with E-state index in [2.05, 4.69) is 14.7 Å². The first-order valence-electron chi connectivity index (χ1n) is 3.07. The summed E-state index contributed by atoms with van der Waals surface area (Å²) in [6.07, 6.45) is -1.67. The predicted molar refractivity (Wildman–Crippen MR) is 38.4 cm³/mol. The summed E-state index contributed by atoms with van der Waals surface area (Å²) in [5.41, 5.74) is 0.524. The number of nitrogens with zero attached hydrogens (tertiary/aromatic N) is 1. The number of oxime groups is 1. The minimum Gasteiger partial charge on any atom is -0.476 e. The van der Waals surface area contributed by atoms with Crippen molar-refractivity contribution in [3.63, 3.8) is 0 Å². The van der Waals surface area contributed by atoms with Gasteiger partial charge in [-0.2, -0.15) is 0 Å². The Morgan fingerprint density at radius 3 is 2.50 bits per heavy atom. The van der Waals surface area contributed by atoms with E-state index in [1.807, 2.05) is 0 Å². The van der Waals surface area contributed by atoms with E-state index in [0.29, 0.717) is 5.71 Å². The Kier molecular flexibility index (Phi) is 4.43. The molecule has 6 heteroatoms. The van der Waals surface area contributed by atoms with Gasteiger partial charge in [-0.25, -0.2) is 4.79 Å². The number of ether oxygens (including phenoxy) is 1. The van der Waals surface area contributed by atoms with Gasteiger partial charge < -0.3 is 14.7 Å². The number of rotatable bonds is 5. The van der Waals surface area contributed by atoms with Gasteiger partial charge >= 0.3 is 12.3 Å². The molecular formula is C6H9NO5. The van der Waals surface area contributed by atoms with E-state index in [9.17, 15) is 9.59 Å². The van der Waals surface area contributed by atoms with Crippen molar-refractivity contribution in [2.45, 2.75) is 20.1 Å². The van der Waals surface area contributed by atoms with Gasteiger partial charge in [-0.1, -0.05) is 5.16 Å². The number of carboxylic acids is 1. The quantitative estimate of drug-likeness (QED) is 0.275. The van der Waals surface area contributed by atoms with Gasteiger partial charge in [-0.05, 0) is 13.8 Å². The summed E-state index contributed by atoms with van der Waals surface area (Å²) in [5.74, 6) is -1.41. The summed E-state index contributed by atoms with van der Waals surface area (Å²) in [5, 5.41) is 11.7. The van der Waals surface area contributed by atoms with Gasteiger partial charge in [0, 0.05) is 0 Å². The van der Waals surface area contributed by atoms with Crippen molar-refractivity contribution in [3.8, 4) is 0 Å². The average molecular weight is 175 g/mol. The Bertz CT molecular complexity index is 196. The SMILES string of the molecule is CC(C)=NOC(OC=O)C(=O)O. The molecule has 68 valence electrons. The van der Waals surface area contributed by atoms with Gasteiger partial charge in [0.15, 0.2) is 0 Å². The molecule has 6 nitrogen and oxygen atoms in total. The molecule has 0 spiro atoms. The molecule has 0 bridgehead atoms. The fourth-order valence-corrected chi connectivity index (χ4v) is 0.332. The molecule has 0 aliphatic carbocycles. The second-order valence-electron chi connectivity index (χ2n) is 2.05. The number of carbonyl (C=O) groups excluding carboxylic acids is 1. The van der Waals surface area contributed by atoms with E-state index in [0.717, 1.165) is 0 Å². The summed E-state index contributed by atoms with van der Waals surface area (Å²) < 4.78 is 4.04. The van der Waals surface area contributed by atoms with Crippen molar-refractivity contribution in [1.29, 1.82) is 0 Å². The van der Waals surface area contributed by atoms with E-state index in [4.69, 9.17) is 5.11 Å². The summed E-state index contributed by atoms with van der Waals surface area (Å²) in [6, 6.07) is 0. The molecule has 0 saturated carbocycles. The molecule has 0 heterocycles. The molecule has 1 N–H and O–H groups in total. The third-order valence-corrected chi connectivity index (χ3v) is 0.712. The number of aliphatic carboxylic acids is 1. The lowest BCUT2D eigenvalue weighted by Crippen LogP contribution is -2.25. The van der Waals surface area contributed by atoms with Crippen molar-refractivity contribution in [2.75, 3.05) is 0 Å². The third-order valence-electron chi connectivity index (χ3n) is 0.712. The van der Waals surface area contributed by atoms with Crippen LogP contribution in [0.2, 0.25) is 0 Å². The third kappa shape index (κ3) is 4.26. The Labute approximate surface area is 68.8 Å². The van der Waals surface area contributed by atoms with E-state index in [1.54, 1.807) is 13.8 Å². The van der Waals surface area contributed by atoms with Crippen LogP contribution in [0.25, 0.3) is 0 Å². The van der Waals surface area contributed by atoms with Gasteiger partial charge in [-0.3, -0.25) is 4.79 Å². The van der Waals surface area contributed by atoms with Crippen LogP contribution in [-0.2, 0) is 19.2 Å². The first-order valence-corrected chi connectivity index (χ1v) is 3.07. The van der Waals surface area contributed by atoms with Gasteiger partial charge in [0.2, 0.25) is 0 Å². The van der Waals surface area contributed by atoms with Crippen molar-refractivity contribution in [3.05, 3.63) is 0 Å². The lowest BCUT2D eigenvalue weighted by Gasteiger charge is -2.06. The highest BCUT2D eigenvalue weighted by Crippen LogP contribution is 1.94. The van der Waals surface area contributed by atoms with Crippen LogP contribution in [-0.4, -0.2) is 29.5 Å². The minimum absolute atomic E-state index is 0.0146. The Morgan fingerprint density at radius 1 is 1.58 bits per heavy atom. The van der Waals surface area contributed by atoms with E-state index in [-0.39, 0.29) is 6.47 Å². The van der Waals surface area contributed by atoms with Crippen molar-refractivity contribution in [1.82, 2.24) is 0 Å². The van der Waals surface area contributed by atoms with Gasteiger partial charge in [0.25, 0.3) is 6.47 Å². The van der Waals surface area contributed by atoms with Gasteiger partial charge in [0.05, 0.1) is 5.71 Å². The zero-order valence-corrected chi connectivity index (χ0v) is 6.68. The number of hydrogen-bond acceptors (Lipinski definition) is 5. The molecule has 0 rings (SSSR count). The van der Waals surface area contributed by atoms with Crippen LogP contribution in [0.4, 0.5) is 0 Å². The molecule has 1 atom stereocenters. The second kappa shape index (κ2) is 5.11. The molecular weight excluding hydrogens is 166 g/mol. The van der Waals surface area contributed by atoms with Gasteiger partial charge in [-0.15, -0.1) is 0 Å². The summed E-state index contributed by atoms with van der Waals surface area (Å²) >= 11 is 0. The van der Waals surface area contributed by atoms with Gasteiger partial charge in [0.1, 0.15) is 0 Å². The van der Waals surface area contributed by atoms with Crippen LogP contribution in [0, 0.1) is 0 Å². The van der Waals surface area contributed by atoms with Crippen LogP contribution in [0.1, 0.15) is 13.8 Å². The lowest BCUT2D eigenvalue weighted by atomic mass is 10.5. The molecule has 12 heavy (non-hydrogen) atoms. The Hall–Kier alpha value is -1.59. The number of hydrogen-bond donors (Lipinski definition) is 1. The monoisotopic (exact) mass is 175 g/mol. The minimum atomic E-state index is -1.67. The maximum atomic E-state index is 10.2. The second-order valence-corrected chi connectivity index (χ2v) is 2.05. The Balaban J connectivity index is 4.04. The summed E-state index contributed by atoms with van der Waals surface area (Å²) in [7, 11) is 0. The highest BCUT2D eigenvalue weighted by Gasteiger charge is 2.19. The van der Waals surface area contributed by atoms with Crippen LogP contribution < -0.4 is 0 Å². The van der Waals surface area contributed by atoms with E-state index < -0.39 is 12.3 Å². The molecule has 0 aromatic carbocycles. The molecule has 0 radical (unpaired) electrons. The molecule has 0 aromatic rings. The first kappa shape index (κ1) is 10.4. The van der Waals surface area contributed by atoms with Crippen LogP contribution in [0.3, 0.4) is 0 Å². The first-order chi connectivity index (χ1) is 5.57. The van der Waals surface area contributed by atoms with Crippen LogP contribution >= 0.6 is 0 Å². The standard InChI is InChI=1S/C6H9NO5/c1-4(2)7-12-6(5(9)10)11-3-8/h3,6H,1-2H3,(H,9,10). The van der Waals surface area contributed by atoms with Crippen LogP contribution in [0.15, 0.2) is 5.16 Å². The topological polar surface area (TPSA) is 85.2 Å². The van der Waals surface area contributed by atoms with E-state index in [1.165, 1.54) is 0 Å². The molecule has 0 aromatic heterocycles. The molecule has 0 saturated heterocycles. The van der Waals surface area contributed by atoms with Crippen molar-refractivity contribution < 1.29 is 24.3 Å². The summed E-state index contributed by atoms with van der Waals surface area (Å²) in [6.45, 7) is 3.21. The number of carbonyl (C=O) groups is 2. The zero-order chi connectivity index (χ0) is 9.56. The highest BCUT2D eigenvalue weighted by atomic mass is 16.8. The average Bonchev–Trinajstić information content (AvgIpc) is 1.96. The highest BCUT2D eigenvalue weighted by molar-refractivity contribution is 5.78. The normalized spacial score (nSPS) is 11.2. The zero-order valence-electron chi connectivity index (χ0n) is 6.68. The molecule has 0 aliphatic heterocycles. The fourth-order valence-electron chi connectivity index (χ4n) is 0.332. The molecule has 0 aliphatic rings. The molecule has 1 unspecified atom stereocenters. The largest absolute Gasteiger partial charge is 0.476 e. The Morgan fingerprint density at radius 2 is 2.17 bits per heavy atom. The maximum absolute atomic E-state index is 10.2. The molecule has 0 fully saturated rings. The predicted octanol–water partition coefficient (Wildman–Crippen LogP) is -0.0175. The number of carboxylic acid groups (broad SMARTS) is 1. The van der Waals surface area contributed by atoms with Crippen molar-refractivity contribution in [2.24, 2.45) is 5.16 Å². The van der Waals surface area contributed by atoms with Crippen LogP contribution in [0.5, 0.6) is 0 Å². The smallest absolute Gasteiger partial charge is 0.389 e. The summed E-state index contributed by atoms with van der Waals surface area (Å²) in [4.78, 5) is 24.3. The van der Waals surface area contributed by atoms with Crippen molar-refractivity contribution >= 4 is 18.2 Å². The maximum Gasteiger partial charge on any atom is 0.389 e. The fraction of sp³-hybridized carbons (Fsp3) is 0.500. The lowest BCUT2D eigenvalue weighted by molar-refractivity contribution is -0.189. The molecule has 0 amide bonds.